The molecule has 0 spiro atoms. The minimum Gasteiger partial charge on any atom is -0.352 e. The maximum Gasteiger partial charge on any atom is 0.475 e. The normalized spacial score (nSPS) is 36.2. The van der Waals surface area contributed by atoms with Gasteiger partial charge in [0.2, 0.25) is 0 Å². The molecule has 5 aliphatic rings. The van der Waals surface area contributed by atoms with E-state index in [0.29, 0.717) is 35.7 Å². The van der Waals surface area contributed by atoms with Crippen LogP contribution in [0.2, 0.25) is 0 Å². The molecule has 0 amide bonds. The van der Waals surface area contributed by atoms with Crippen molar-refractivity contribution >= 4 is 7.82 Å². The standard InChI is InChI=1S/C40H61N6O7P/c1-25(2)9-7-10-26(3)31-13-14-32-30-12-11-28-21-29(15-17-39(28,5)33(30)16-18-40(31,32)6)53-54(49,50-20-8-19-41)51-24-35-34(44-45-42)22-36(52-35)46-23-27(4)37(47)43-38(46)48/h11,23,25-26,29-36H,7-10,12-18,20-22,24H2,1-6H3,(H,43,47,48)/t26?,29-,30-,31+,32-,33-,34+,35-,36-,39-,40+,54?/m0/s1. The van der Waals surface area contributed by atoms with Crippen molar-refractivity contribution in [2.24, 2.45) is 51.5 Å². The van der Waals surface area contributed by atoms with Crippen LogP contribution in [0.1, 0.15) is 130 Å². The lowest BCUT2D eigenvalue weighted by atomic mass is 9.47. The minimum atomic E-state index is -4.19. The van der Waals surface area contributed by atoms with Gasteiger partial charge in [-0.05, 0) is 110 Å². The molecule has 1 aliphatic heterocycles. The van der Waals surface area contributed by atoms with Crippen LogP contribution >= 0.6 is 7.82 Å². The Morgan fingerprint density at radius 2 is 1.94 bits per heavy atom. The molecule has 4 fully saturated rings. The van der Waals surface area contributed by atoms with Crippen LogP contribution in [0.5, 0.6) is 0 Å². The molecule has 2 heterocycles. The number of aromatic amines is 1. The number of aryl methyl sites for hydroxylation is 1. The van der Waals surface area contributed by atoms with E-state index >= 15 is 0 Å². The molecule has 0 aromatic carbocycles. The van der Waals surface area contributed by atoms with Crippen molar-refractivity contribution in [3.8, 4) is 6.07 Å². The number of nitriles is 1. The number of allylic oxidation sites excluding steroid dienone is 1. The van der Waals surface area contributed by atoms with E-state index < -0.39 is 43.5 Å². The monoisotopic (exact) mass is 768 g/mol. The van der Waals surface area contributed by atoms with Crippen molar-refractivity contribution in [2.45, 2.75) is 149 Å². The molecule has 4 aliphatic carbocycles. The number of nitrogens with zero attached hydrogens (tertiary/aromatic N) is 5. The SMILES string of the molecule is Cc1cn([C@@H]2C[C@@H](N=[N+]=[N-])[C@H](COP(=O)(OCCC#N)O[C@H]3CC[C@@]4(C)C(=CC[C@H]5[C@@H]6CC[C@H](C(C)CCCC(C)C)[C@@]6(C)CC[C@@H]54)C3)O2)c(=O)[nH]c1=O. The largest absolute Gasteiger partial charge is 0.475 e. The molecule has 298 valence electrons. The lowest BCUT2D eigenvalue weighted by Gasteiger charge is -2.58. The molecule has 3 saturated carbocycles. The fourth-order valence-electron chi connectivity index (χ4n) is 11.4. The van der Waals surface area contributed by atoms with Gasteiger partial charge in [0.15, 0.2) is 0 Å². The Balaban J connectivity index is 1.12. The van der Waals surface area contributed by atoms with Gasteiger partial charge in [-0.3, -0.25) is 27.9 Å². The van der Waals surface area contributed by atoms with Gasteiger partial charge in [-0.1, -0.05) is 70.6 Å². The molecule has 54 heavy (non-hydrogen) atoms. The van der Waals surface area contributed by atoms with Crippen LogP contribution in [0, 0.1) is 64.6 Å². The number of nitrogens with one attached hydrogen (secondary N) is 1. The first-order chi connectivity index (χ1) is 25.7. The molecule has 1 saturated heterocycles. The second kappa shape index (κ2) is 16.8. The van der Waals surface area contributed by atoms with Crippen LogP contribution < -0.4 is 11.2 Å². The molecule has 14 heteroatoms. The second-order valence-corrected chi connectivity index (χ2v) is 19.5. The minimum absolute atomic E-state index is 0.00314. The van der Waals surface area contributed by atoms with Crippen LogP contribution in [0.3, 0.4) is 0 Å². The maximum atomic E-state index is 14.2. The number of phosphoric ester groups is 1. The number of ether oxygens (including phenoxy) is 1. The molecule has 1 N–H and O–H groups in total. The zero-order valence-corrected chi connectivity index (χ0v) is 34.0. The molecule has 1 aromatic rings. The van der Waals surface area contributed by atoms with Gasteiger partial charge in [0.05, 0.1) is 44.0 Å². The average molecular weight is 769 g/mol. The third-order valence-corrected chi connectivity index (χ3v) is 15.8. The van der Waals surface area contributed by atoms with E-state index in [0.717, 1.165) is 36.5 Å². The van der Waals surface area contributed by atoms with Crippen LogP contribution in [0.4, 0.5) is 0 Å². The smallest absolute Gasteiger partial charge is 0.352 e. The molecule has 1 aromatic heterocycles. The lowest BCUT2D eigenvalue weighted by Crippen LogP contribution is -2.51. The Bertz CT molecular complexity index is 1800. The van der Waals surface area contributed by atoms with Crippen molar-refractivity contribution < 1.29 is 22.9 Å². The summed E-state index contributed by atoms with van der Waals surface area (Å²) in [6, 6.07) is 1.26. The zero-order valence-electron chi connectivity index (χ0n) is 33.1. The molecular weight excluding hydrogens is 707 g/mol. The maximum absolute atomic E-state index is 14.2. The topological polar surface area (TPSA) is 181 Å². The number of aromatic nitrogens is 2. The number of rotatable bonds is 15. The van der Waals surface area contributed by atoms with Gasteiger partial charge in [0.1, 0.15) is 6.23 Å². The molecular formula is C40H61N6O7P. The Hall–Kier alpha value is -2.71. The zero-order chi connectivity index (χ0) is 38.8. The number of azide groups is 1. The second-order valence-electron chi connectivity index (χ2n) is 17.9. The first kappa shape index (κ1) is 40.9. The summed E-state index contributed by atoms with van der Waals surface area (Å²) in [5.74, 6) is 4.45. The van der Waals surface area contributed by atoms with Crippen LogP contribution in [-0.4, -0.2) is 41.0 Å². The summed E-state index contributed by atoms with van der Waals surface area (Å²) in [7, 11) is -4.19. The number of fused-ring (bicyclic) bond motifs is 5. The average Bonchev–Trinajstić information content (AvgIpc) is 3.69. The van der Waals surface area contributed by atoms with E-state index in [9.17, 15) is 24.9 Å². The van der Waals surface area contributed by atoms with Gasteiger partial charge in [-0.25, -0.2) is 9.36 Å². The van der Waals surface area contributed by atoms with E-state index in [2.05, 4.69) is 55.7 Å². The van der Waals surface area contributed by atoms with E-state index in [1.165, 1.54) is 61.3 Å². The Morgan fingerprint density at radius 3 is 2.69 bits per heavy atom. The summed E-state index contributed by atoms with van der Waals surface area (Å²) in [4.78, 5) is 29.7. The first-order valence-corrected chi connectivity index (χ1v) is 21.8. The Morgan fingerprint density at radius 1 is 1.15 bits per heavy atom. The highest BCUT2D eigenvalue weighted by atomic mass is 31.2. The predicted octanol–water partition coefficient (Wildman–Crippen LogP) is 9.29. The highest BCUT2D eigenvalue weighted by Crippen LogP contribution is 2.68. The summed E-state index contributed by atoms with van der Waals surface area (Å²) in [6.45, 7) is 13.4. The third kappa shape index (κ3) is 8.36. The fourth-order valence-corrected chi connectivity index (χ4v) is 12.8. The first-order valence-electron chi connectivity index (χ1n) is 20.4. The van der Waals surface area contributed by atoms with Gasteiger partial charge in [-0.15, -0.1) is 0 Å². The molecule has 6 rings (SSSR count). The Kier molecular flexibility index (Phi) is 12.7. The van der Waals surface area contributed by atoms with Gasteiger partial charge in [0, 0.05) is 23.1 Å². The summed E-state index contributed by atoms with van der Waals surface area (Å²) in [5.41, 5.74) is 10.3. The van der Waals surface area contributed by atoms with Crippen LogP contribution in [0.15, 0.2) is 32.5 Å². The summed E-state index contributed by atoms with van der Waals surface area (Å²) in [5, 5.41) is 13.0. The molecule has 2 unspecified atom stereocenters. The van der Waals surface area contributed by atoms with Crippen molar-refractivity contribution in [2.75, 3.05) is 13.2 Å². The third-order valence-electron chi connectivity index (χ3n) is 14.3. The number of hydrogen-bond acceptors (Lipinski definition) is 9. The van der Waals surface area contributed by atoms with Crippen molar-refractivity contribution in [1.29, 1.82) is 5.26 Å². The quantitative estimate of drug-likeness (QED) is 0.0457. The van der Waals surface area contributed by atoms with E-state index in [1.807, 2.05) is 6.07 Å². The summed E-state index contributed by atoms with van der Waals surface area (Å²) < 4.78 is 39.4. The number of phosphoric acid groups is 1. The van der Waals surface area contributed by atoms with Gasteiger partial charge in [-0.2, -0.15) is 5.26 Å². The summed E-state index contributed by atoms with van der Waals surface area (Å²) in [6.07, 6.45) is 14.5. The molecule has 0 bridgehead atoms. The van der Waals surface area contributed by atoms with Gasteiger partial charge in [0.25, 0.3) is 5.56 Å². The van der Waals surface area contributed by atoms with Crippen molar-refractivity contribution in [1.82, 2.24) is 9.55 Å². The predicted molar refractivity (Wildman–Crippen MR) is 205 cm³/mol. The highest BCUT2D eigenvalue weighted by molar-refractivity contribution is 7.48. The van der Waals surface area contributed by atoms with Crippen molar-refractivity contribution in [3.05, 3.63) is 54.7 Å². The van der Waals surface area contributed by atoms with Crippen LogP contribution in [-0.2, 0) is 22.9 Å². The van der Waals surface area contributed by atoms with Gasteiger partial charge >= 0.3 is 13.5 Å². The van der Waals surface area contributed by atoms with Crippen LogP contribution in [0.25, 0.3) is 10.4 Å². The van der Waals surface area contributed by atoms with Gasteiger partial charge < -0.3 is 4.74 Å². The summed E-state index contributed by atoms with van der Waals surface area (Å²) >= 11 is 0. The van der Waals surface area contributed by atoms with E-state index in [-0.39, 0.29) is 31.5 Å². The fraction of sp³-hybridized carbons (Fsp3) is 0.825. The number of H-pyrrole nitrogens is 1. The van der Waals surface area contributed by atoms with Crippen molar-refractivity contribution in [3.63, 3.8) is 0 Å². The Labute approximate surface area is 319 Å². The molecule has 13 nitrogen and oxygen atoms in total. The lowest BCUT2D eigenvalue weighted by molar-refractivity contribution is -0.0595. The van der Waals surface area contributed by atoms with E-state index in [1.54, 1.807) is 6.92 Å². The number of hydrogen-bond donors (Lipinski definition) is 1. The molecule has 0 radical (unpaired) electrons. The molecule has 12 atom stereocenters. The highest BCUT2D eigenvalue weighted by Gasteiger charge is 2.59. The van der Waals surface area contributed by atoms with E-state index in [4.69, 9.17) is 18.3 Å².